The SMILES string of the molecule is CN(CCc1ccccc1)C1CCN(C(=O)Cc2ncn[nH]2)CC1.Cl.Cl. The number of benzene rings is 1. The second-order valence-electron chi connectivity index (χ2n) is 6.44. The van der Waals surface area contributed by atoms with Crippen molar-refractivity contribution in [2.24, 2.45) is 0 Å². The van der Waals surface area contributed by atoms with Gasteiger partial charge >= 0.3 is 0 Å². The number of aromatic nitrogens is 3. The number of likely N-dealkylation sites (tertiary alicyclic amines) is 1. The molecular formula is C18H27Cl2N5O. The van der Waals surface area contributed by atoms with Crippen LogP contribution in [0, 0.1) is 0 Å². The van der Waals surface area contributed by atoms with E-state index < -0.39 is 0 Å². The normalized spacial score (nSPS) is 14.6. The lowest BCUT2D eigenvalue weighted by Gasteiger charge is -2.36. The van der Waals surface area contributed by atoms with Crippen LogP contribution in [0.1, 0.15) is 24.2 Å². The van der Waals surface area contributed by atoms with Crippen LogP contribution in [0.3, 0.4) is 0 Å². The second kappa shape index (κ2) is 11.2. The zero-order valence-electron chi connectivity index (χ0n) is 15.0. The van der Waals surface area contributed by atoms with Crippen molar-refractivity contribution in [1.82, 2.24) is 25.0 Å². The zero-order valence-corrected chi connectivity index (χ0v) is 16.6. The molecular weight excluding hydrogens is 373 g/mol. The monoisotopic (exact) mass is 399 g/mol. The largest absolute Gasteiger partial charge is 0.342 e. The summed E-state index contributed by atoms with van der Waals surface area (Å²) in [5.74, 6) is 0.777. The molecule has 1 aliphatic rings. The fourth-order valence-electron chi connectivity index (χ4n) is 3.26. The van der Waals surface area contributed by atoms with Crippen molar-refractivity contribution < 1.29 is 4.79 Å². The summed E-state index contributed by atoms with van der Waals surface area (Å²) in [6.45, 7) is 2.71. The summed E-state index contributed by atoms with van der Waals surface area (Å²) in [7, 11) is 2.19. The fourth-order valence-corrected chi connectivity index (χ4v) is 3.26. The van der Waals surface area contributed by atoms with Crippen LogP contribution in [0.25, 0.3) is 0 Å². The minimum absolute atomic E-state index is 0. The van der Waals surface area contributed by atoms with Crippen LogP contribution >= 0.6 is 24.8 Å². The molecule has 0 unspecified atom stereocenters. The summed E-state index contributed by atoms with van der Waals surface area (Å²) in [4.78, 5) is 20.7. The number of hydrogen-bond donors (Lipinski definition) is 1. The van der Waals surface area contributed by atoms with Crippen molar-refractivity contribution in [3.05, 3.63) is 48.0 Å². The molecule has 0 radical (unpaired) electrons. The third-order valence-electron chi connectivity index (χ3n) is 4.82. The second-order valence-corrected chi connectivity index (χ2v) is 6.44. The van der Waals surface area contributed by atoms with Crippen LogP contribution in [0.15, 0.2) is 36.7 Å². The van der Waals surface area contributed by atoms with E-state index in [4.69, 9.17) is 0 Å². The van der Waals surface area contributed by atoms with Gasteiger partial charge in [-0.3, -0.25) is 9.89 Å². The van der Waals surface area contributed by atoms with Crippen LogP contribution in [-0.4, -0.2) is 63.6 Å². The third-order valence-corrected chi connectivity index (χ3v) is 4.82. The molecule has 2 aromatic rings. The number of hydrogen-bond acceptors (Lipinski definition) is 4. The van der Waals surface area contributed by atoms with E-state index in [9.17, 15) is 4.79 Å². The van der Waals surface area contributed by atoms with Gasteiger partial charge in [-0.25, -0.2) is 4.98 Å². The summed E-state index contributed by atoms with van der Waals surface area (Å²) < 4.78 is 0. The highest BCUT2D eigenvalue weighted by molar-refractivity contribution is 5.85. The Labute approximate surface area is 167 Å². The zero-order chi connectivity index (χ0) is 16.8. The number of aromatic amines is 1. The highest BCUT2D eigenvalue weighted by atomic mass is 35.5. The number of amides is 1. The minimum atomic E-state index is 0. The molecule has 0 spiro atoms. The van der Waals surface area contributed by atoms with Crippen molar-refractivity contribution in [3.63, 3.8) is 0 Å². The van der Waals surface area contributed by atoms with E-state index in [0.717, 1.165) is 38.9 Å². The molecule has 1 saturated heterocycles. The lowest BCUT2D eigenvalue weighted by molar-refractivity contribution is -0.132. The van der Waals surface area contributed by atoms with Gasteiger partial charge in [-0.2, -0.15) is 5.10 Å². The van der Waals surface area contributed by atoms with Gasteiger partial charge < -0.3 is 9.80 Å². The molecule has 3 rings (SSSR count). The Morgan fingerprint density at radius 1 is 1.23 bits per heavy atom. The fraction of sp³-hybridized carbons (Fsp3) is 0.500. The van der Waals surface area contributed by atoms with E-state index in [2.05, 4.69) is 57.5 Å². The third kappa shape index (κ3) is 6.27. The molecule has 0 atom stereocenters. The van der Waals surface area contributed by atoms with Crippen molar-refractivity contribution in [3.8, 4) is 0 Å². The van der Waals surface area contributed by atoms with E-state index in [1.807, 2.05) is 4.90 Å². The van der Waals surface area contributed by atoms with Crippen molar-refractivity contribution >= 4 is 30.7 Å². The van der Waals surface area contributed by atoms with E-state index in [1.165, 1.54) is 11.9 Å². The predicted molar refractivity (Wildman–Crippen MR) is 107 cm³/mol. The first kappa shape index (κ1) is 22.4. The van der Waals surface area contributed by atoms with Crippen molar-refractivity contribution in [2.75, 3.05) is 26.7 Å². The summed E-state index contributed by atoms with van der Waals surface area (Å²) in [5.41, 5.74) is 1.38. The summed E-state index contributed by atoms with van der Waals surface area (Å²) in [6.07, 6.45) is 4.90. The molecule has 1 aromatic carbocycles. The van der Waals surface area contributed by atoms with Crippen LogP contribution in [0.2, 0.25) is 0 Å². The Morgan fingerprint density at radius 2 is 1.92 bits per heavy atom. The Hall–Kier alpha value is -1.63. The summed E-state index contributed by atoms with van der Waals surface area (Å²) in [5, 5.41) is 6.54. The highest BCUT2D eigenvalue weighted by Gasteiger charge is 2.25. The van der Waals surface area contributed by atoms with Gasteiger partial charge in [-0.15, -0.1) is 24.8 Å². The lowest BCUT2D eigenvalue weighted by Crippen LogP contribution is -2.46. The molecule has 2 heterocycles. The Morgan fingerprint density at radius 3 is 2.54 bits per heavy atom. The van der Waals surface area contributed by atoms with E-state index >= 15 is 0 Å². The average molecular weight is 400 g/mol. The van der Waals surface area contributed by atoms with Gasteiger partial charge in [-0.1, -0.05) is 30.3 Å². The van der Waals surface area contributed by atoms with Crippen LogP contribution in [0.4, 0.5) is 0 Å². The van der Waals surface area contributed by atoms with Gasteiger partial charge in [0.15, 0.2) is 0 Å². The molecule has 1 N–H and O–H groups in total. The maximum atomic E-state index is 12.3. The number of piperidine rings is 1. The van der Waals surface area contributed by atoms with Crippen molar-refractivity contribution in [2.45, 2.75) is 31.7 Å². The minimum Gasteiger partial charge on any atom is -0.342 e. The van der Waals surface area contributed by atoms with Gasteiger partial charge in [0.2, 0.25) is 5.91 Å². The Balaban J connectivity index is 0.00000169. The molecule has 1 amide bonds. The summed E-state index contributed by atoms with van der Waals surface area (Å²) >= 11 is 0. The van der Waals surface area contributed by atoms with Crippen LogP contribution in [-0.2, 0) is 17.6 Å². The molecule has 26 heavy (non-hydrogen) atoms. The number of likely N-dealkylation sites (N-methyl/N-ethyl adjacent to an activating group) is 1. The van der Waals surface area contributed by atoms with Gasteiger partial charge in [0.25, 0.3) is 0 Å². The molecule has 6 nitrogen and oxygen atoms in total. The quantitative estimate of drug-likeness (QED) is 0.809. The molecule has 1 aliphatic heterocycles. The van der Waals surface area contributed by atoms with Gasteiger partial charge in [0.1, 0.15) is 12.2 Å². The lowest BCUT2D eigenvalue weighted by atomic mass is 10.0. The number of nitrogens with zero attached hydrogens (tertiary/aromatic N) is 4. The number of carbonyl (C=O) groups is 1. The predicted octanol–water partition coefficient (Wildman–Crippen LogP) is 2.36. The molecule has 1 aromatic heterocycles. The molecule has 144 valence electrons. The van der Waals surface area contributed by atoms with E-state index in [-0.39, 0.29) is 30.7 Å². The van der Waals surface area contributed by atoms with Gasteiger partial charge in [0, 0.05) is 25.7 Å². The smallest absolute Gasteiger partial charge is 0.230 e. The molecule has 0 aliphatic carbocycles. The van der Waals surface area contributed by atoms with E-state index in [1.54, 1.807) is 0 Å². The molecule has 0 bridgehead atoms. The Bertz CT molecular complexity index is 630. The highest BCUT2D eigenvalue weighted by Crippen LogP contribution is 2.16. The van der Waals surface area contributed by atoms with Crippen LogP contribution < -0.4 is 0 Å². The molecule has 1 fully saturated rings. The summed E-state index contributed by atoms with van der Waals surface area (Å²) in [6, 6.07) is 11.2. The van der Waals surface area contributed by atoms with Gasteiger partial charge in [0.05, 0.1) is 6.42 Å². The Kier molecular flexibility index (Phi) is 9.62. The first-order valence-electron chi connectivity index (χ1n) is 8.58. The first-order chi connectivity index (χ1) is 11.7. The number of carbonyl (C=O) groups excluding carboxylic acids is 1. The van der Waals surface area contributed by atoms with Gasteiger partial charge in [-0.05, 0) is 31.9 Å². The molecule has 0 saturated carbocycles. The average Bonchev–Trinajstić information content (AvgIpc) is 3.13. The standard InChI is InChI=1S/C18H25N5O.2ClH/c1-22(10-7-15-5-3-2-4-6-15)16-8-11-23(12-9-16)18(24)13-17-19-14-20-21-17;;/h2-6,14,16H,7-13H2,1H3,(H,19,20,21);2*1H. The molecule has 8 heteroatoms. The number of halogens is 2. The topological polar surface area (TPSA) is 65.1 Å². The first-order valence-corrected chi connectivity index (χ1v) is 8.58. The number of H-pyrrole nitrogens is 1. The number of nitrogens with one attached hydrogen (secondary N) is 1. The number of rotatable bonds is 6. The van der Waals surface area contributed by atoms with Crippen molar-refractivity contribution in [1.29, 1.82) is 0 Å². The van der Waals surface area contributed by atoms with Crippen LogP contribution in [0.5, 0.6) is 0 Å². The maximum Gasteiger partial charge on any atom is 0.230 e. The van der Waals surface area contributed by atoms with E-state index in [0.29, 0.717) is 18.3 Å². The maximum absolute atomic E-state index is 12.3.